The largest absolute Gasteiger partial charge is 0.228 e. The maximum absolute atomic E-state index is 11.2. The molecule has 0 heterocycles. The fourth-order valence-electron chi connectivity index (χ4n) is 1.15. The van der Waals surface area contributed by atoms with Crippen molar-refractivity contribution in [2.45, 2.75) is 13.3 Å². The normalized spacial score (nSPS) is 11.5. The summed E-state index contributed by atoms with van der Waals surface area (Å²) in [5.41, 5.74) is 1.03. The fourth-order valence-corrected chi connectivity index (χ4v) is 2.17. The van der Waals surface area contributed by atoms with Crippen molar-refractivity contribution in [2.75, 3.05) is 12.3 Å². The highest BCUT2D eigenvalue weighted by Gasteiger charge is 2.09. The lowest BCUT2D eigenvalue weighted by atomic mass is 10.2. The van der Waals surface area contributed by atoms with E-state index in [1.807, 2.05) is 30.3 Å². The second-order valence-corrected chi connectivity index (χ2v) is 4.80. The summed E-state index contributed by atoms with van der Waals surface area (Å²) < 4.78 is 26.0. The van der Waals surface area contributed by atoms with Crippen LogP contribution in [0.4, 0.5) is 0 Å². The van der Waals surface area contributed by atoms with Gasteiger partial charge in [0.15, 0.2) is 0 Å². The van der Waals surface area contributed by atoms with Crippen LogP contribution >= 0.6 is 0 Å². The summed E-state index contributed by atoms with van der Waals surface area (Å²) in [7, 11) is -3.20. The minimum Gasteiger partial charge on any atom is -0.211 e. The fraction of sp³-hybridized carbons (Fsp3) is 0.400. The summed E-state index contributed by atoms with van der Waals surface area (Å²) in [6.45, 7) is 2.05. The first-order valence-electron chi connectivity index (χ1n) is 4.59. The molecule has 1 aromatic carbocycles. The maximum Gasteiger partial charge on any atom is 0.228 e. The van der Waals surface area contributed by atoms with Crippen molar-refractivity contribution >= 4 is 10.0 Å². The van der Waals surface area contributed by atoms with Crippen LogP contribution < -0.4 is 4.72 Å². The molecule has 0 aliphatic heterocycles. The lowest BCUT2D eigenvalue weighted by molar-refractivity contribution is 0.581. The first-order chi connectivity index (χ1) is 6.64. The van der Waals surface area contributed by atoms with E-state index < -0.39 is 10.0 Å². The molecule has 0 aromatic heterocycles. The van der Waals surface area contributed by atoms with Gasteiger partial charge in [-0.05, 0) is 18.9 Å². The Morgan fingerprint density at radius 1 is 1.21 bits per heavy atom. The standard InChI is InChI=1S/C10H14NO2S/c1-2-11-14(12,13)9-8-10-6-4-3-5-7-10/h3-7H,2,8-9H2,1H3. The van der Waals surface area contributed by atoms with E-state index in [0.717, 1.165) is 5.56 Å². The van der Waals surface area contributed by atoms with Crippen molar-refractivity contribution in [3.8, 4) is 0 Å². The first kappa shape index (κ1) is 11.2. The Labute approximate surface area is 85.2 Å². The monoisotopic (exact) mass is 212 g/mol. The van der Waals surface area contributed by atoms with Crippen LogP contribution in [0.25, 0.3) is 0 Å². The molecule has 1 rings (SSSR count). The van der Waals surface area contributed by atoms with E-state index in [2.05, 4.69) is 4.72 Å². The van der Waals surface area contributed by atoms with Crippen molar-refractivity contribution in [2.24, 2.45) is 0 Å². The van der Waals surface area contributed by atoms with E-state index >= 15 is 0 Å². The minimum atomic E-state index is -3.20. The Morgan fingerprint density at radius 3 is 2.43 bits per heavy atom. The van der Waals surface area contributed by atoms with Crippen molar-refractivity contribution in [3.05, 3.63) is 35.9 Å². The SMILES string of the molecule is CC[N]S(=O)(=O)CCc1ccccc1. The molecule has 0 atom stereocenters. The third-order valence-electron chi connectivity index (χ3n) is 1.82. The smallest absolute Gasteiger partial charge is 0.211 e. The molecule has 4 heteroatoms. The van der Waals surface area contributed by atoms with Crippen LogP contribution in [-0.4, -0.2) is 20.7 Å². The van der Waals surface area contributed by atoms with Crippen molar-refractivity contribution in [1.82, 2.24) is 4.72 Å². The number of rotatable bonds is 5. The number of sulfonamides is 1. The van der Waals surface area contributed by atoms with E-state index in [1.54, 1.807) is 6.92 Å². The number of aryl methyl sites for hydroxylation is 1. The Balaban J connectivity index is 2.49. The third-order valence-corrected chi connectivity index (χ3v) is 3.19. The number of hydrogen-bond acceptors (Lipinski definition) is 2. The van der Waals surface area contributed by atoms with Gasteiger partial charge in [-0.15, -0.1) is 4.72 Å². The Kier molecular flexibility index (Phi) is 4.10. The molecule has 14 heavy (non-hydrogen) atoms. The van der Waals surface area contributed by atoms with Crippen LogP contribution in [0, 0.1) is 0 Å². The van der Waals surface area contributed by atoms with Gasteiger partial charge in [0.2, 0.25) is 10.0 Å². The molecule has 0 aliphatic rings. The summed E-state index contributed by atoms with van der Waals surface area (Å²) in [4.78, 5) is 0. The minimum absolute atomic E-state index is 0.102. The van der Waals surface area contributed by atoms with Crippen molar-refractivity contribution < 1.29 is 8.42 Å². The summed E-state index contributed by atoms with van der Waals surface area (Å²) in [5, 5.41) is 0. The summed E-state index contributed by atoms with van der Waals surface area (Å²) in [6, 6.07) is 9.55. The highest BCUT2D eigenvalue weighted by atomic mass is 32.2. The van der Waals surface area contributed by atoms with Gasteiger partial charge in [0.05, 0.1) is 5.75 Å². The molecule has 0 spiro atoms. The first-order valence-corrected chi connectivity index (χ1v) is 6.20. The average Bonchev–Trinajstić information content (AvgIpc) is 2.17. The molecular formula is C10H14NO2S. The van der Waals surface area contributed by atoms with Gasteiger partial charge in [-0.1, -0.05) is 30.3 Å². The molecule has 77 valence electrons. The zero-order valence-electron chi connectivity index (χ0n) is 8.18. The molecule has 0 bridgehead atoms. The van der Waals surface area contributed by atoms with Gasteiger partial charge in [-0.3, -0.25) is 0 Å². The van der Waals surface area contributed by atoms with E-state index in [-0.39, 0.29) is 5.75 Å². The zero-order valence-corrected chi connectivity index (χ0v) is 9.00. The van der Waals surface area contributed by atoms with Gasteiger partial charge in [-0.2, -0.15) is 0 Å². The van der Waals surface area contributed by atoms with Crippen LogP contribution in [0.2, 0.25) is 0 Å². The molecule has 0 saturated carbocycles. The van der Waals surface area contributed by atoms with Gasteiger partial charge < -0.3 is 0 Å². The average molecular weight is 212 g/mol. The molecule has 0 aliphatic carbocycles. The zero-order chi connectivity index (χ0) is 10.4. The van der Waals surface area contributed by atoms with Gasteiger partial charge in [0.1, 0.15) is 0 Å². The van der Waals surface area contributed by atoms with Crippen LogP contribution in [0.15, 0.2) is 30.3 Å². The predicted octanol–water partition coefficient (Wildman–Crippen LogP) is 1.18. The van der Waals surface area contributed by atoms with E-state index in [9.17, 15) is 8.42 Å². The summed E-state index contributed by atoms with van der Waals surface area (Å²) in [6.07, 6.45) is 0.534. The van der Waals surface area contributed by atoms with E-state index in [1.165, 1.54) is 0 Å². The van der Waals surface area contributed by atoms with Crippen LogP contribution in [0.5, 0.6) is 0 Å². The van der Waals surface area contributed by atoms with Gasteiger partial charge in [0, 0.05) is 6.54 Å². The highest BCUT2D eigenvalue weighted by molar-refractivity contribution is 7.89. The molecule has 0 saturated heterocycles. The van der Waals surface area contributed by atoms with Crippen LogP contribution in [0.1, 0.15) is 12.5 Å². The lowest BCUT2D eigenvalue weighted by Crippen LogP contribution is -2.20. The van der Waals surface area contributed by atoms with Crippen molar-refractivity contribution in [3.63, 3.8) is 0 Å². The Bertz CT molecular complexity index is 359. The maximum atomic E-state index is 11.2. The molecule has 1 radical (unpaired) electrons. The topological polar surface area (TPSA) is 48.2 Å². The Hall–Kier alpha value is -0.870. The summed E-state index contributed by atoms with van der Waals surface area (Å²) in [5.74, 6) is 0.102. The van der Waals surface area contributed by atoms with Gasteiger partial charge in [0.25, 0.3) is 0 Å². The highest BCUT2D eigenvalue weighted by Crippen LogP contribution is 2.01. The van der Waals surface area contributed by atoms with E-state index in [0.29, 0.717) is 13.0 Å². The second kappa shape index (κ2) is 5.12. The third kappa shape index (κ3) is 3.89. The number of hydrogen-bond donors (Lipinski definition) is 0. The molecular weight excluding hydrogens is 198 g/mol. The van der Waals surface area contributed by atoms with Gasteiger partial charge >= 0.3 is 0 Å². The quantitative estimate of drug-likeness (QED) is 0.736. The van der Waals surface area contributed by atoms with Crippen LogP contribution in [0.3, 0.4) is 0 Å². The Morgan fingerprint density at radius 2 is 1.86 bits per heavy atom. The van der Waals surface area contributed by atoms with Crippen molar-refractivity contribution in [1.29, 1.82) is 0 Å². The van der Waals surface area contributed by atoms with Crippen LogP contribution in [-0.2, 0) is 16.4 Å². The van der Waals surface area contributed by atoms with Gasteiger partial charge in [-0.25, -0.2) is 8.42 Å². The molecule has 1 aromatic rings. The molecule has 0 fully saturated rings. The molecule has 0 amide bonds. The molecule has 0 N–H and O–H groups in total. The number of benzene rings is 1. The molecule has 3 nitrogen and oxygen atoms in total. The predicted molar refractivity (Wildman–Crippen MR) is 56.6 cm³/mol. The summed E-state index contributed by atoms with van der Waals surface area (Å²) >= 11 is 0. The number of nitrogens with zero attached hydrogens (tertiary/aromatic N) is 1. The molecule has 0 unspecified atom stereocenters. The lowest BCUT2D eigenvalue weighted by Gasteiger charge is -2.02. The van der Waals surface area contributed by atoms with E-state index in [4.69, 9.17) is 0 Å². The second-order valence-electron chi connectivity index (χ2n) is 2.97.